The maximum Gasteiger partial charge on any atom is 1.00 e. The van der Waals surface area contributed by atoms with E-state index in [9.17, 15) is 80.2 Å². The van der Waals surface area contributed by atoms with E-state index in [0.29, 0.717) is 32.5 Å². The van der Waals surface area contributed by atoms with Crippen molar-refractivity contribution in [2.75, 3.05) is 35.6 Å². The van der Waals surface area contributed by atoms with Crippen molar-refractivity contribution in [3.8, 4) is 0 Å². The minimum atomic E-state index is -5.00. The van der Waals surface area contributed by atoms with Crippen LogP contribution in [0.5, 0.6) is 0 Å². The second-order valence-electron chi connectivity index (χ2n) is 16.7. The third-order valence-electron chi connectivity index (χ3n) is 10.5. The van der Waals surface area contributed by atoms with E-state index in [0.717, 1.165) is 0 Å². The van der Waals surface area contributed by atoms with Crippen LogP contribution >= 0.6 is 34.0 Å². The molecule has 9 N–H and O–H groups in total. The summed E-state index contributed by atoms with van der Waals surface area (Å²) in [6, 6.07) is 12.2. The summed E-state index contributed by atoms with van der Waals surface area (Å²) in [7, 11) is -30.0. The molecule has 3 aromatic carbocycles. The molecule has 0 bridgehead atoms. The number of azo groups is 3. The van der Waals surface area contributed by atoms with E-state index in [1.807, 2.05) is 0 Å². The number of rotatable bonds is 30. The van der Waals surface area contributed by atoms with Gasteiger partial charge >= 0.3 is 88.7 Å². The number of anilines is 3. The molecule has 6 rings (SSSR count). The van der Waals surface area contributed by atoms with Crippen LogP contribution in [0.1, 0.15) is 69.6 Å². The minimum Gasteiger partial charge on any atom is -0.545 e. The Balaban J connectivity index is 0.000000664. The summed E-state index contributed by atoms with van der Waals surface area (Å²) in [6.07, 6.45) is 2.61. The number of hydrogen-bond acceptors (Lipinski definition) is 33. The average molecular weight is 1460 g/mol. The predicted octanol–water partition coefficient (Wildman–Crippen LogP) is -5.34. The summed E-state index contributed by atoms with van der Waals surface area (Å²) < 4.78 is 179. The predicted molar refractivity (Wildman–Crippen MR) is 305 cm³/mol. The van der Waals surface area contributed by atoms with Gasteiger partial charge in [0.15, 0.2) is 0 Å². The summed E-state index contributed by atoms with van der Waals surface area (Å²) in [4.78, 5) is 45.6. The second kappa shape index (κ2) is 38.1. The number of hydrogen-bond donors (Lipinski definition) is 9. The van der Waals surface area contributed by atoms with Crippen LogP contribution in [-0.4, -0.2) is 144 Å². The molecule has 0 unspecified atom stereocenters. The topological polar surface area (TPSA) is 596 Å². The molecule has 0 aliphatic carbocycles. The number of carboxylic acids is 3. The Morgan fingerprint density at radius 1 is 0.400 bits per heavy atom. The van der Waals surface area contributed by atoms with Crippen LogP contribution in [0.15, 0.2) is 120 Å². The van der Waals surface area contributed by atoms with Crippen LogP contribution < -0.4 is 120 Å². The molecular weight excluding hydrogens is 1410 g/mol. The van der Waals surface area contributed by atoms with Gasteiger partial charge in [0.1, 0.15) is 0 Å². The molecule has 6 aromatic rings. The Hall–Kier alpha value is -4.38. The number of nitrogens with one attached hydrogen (secondary N) is 3. The maximum atomic E-state index is 11.3. The van der Waals surface area contributed by atoms with Crippen molar-refractivity contribution < 1.29 is 196 Å². The normalized spacial score (nSPS) is 12.1. The third-order valence-corrected chi connectivity index (χ3v) is 22.2. The van der Waals surface area contributed by atoms with Gasteiger partial charge in [0, 0.05) is 88.1 Å². The number of carbonyl (C=O) groups excluding carboxylic acids is 3. The largest absolute Gasteiger partial charge is 1.00 e. The van der Waals surface area contributed by atoms with Gasteiger partial charge in [-0.05, 0) is 93.1 Å². The molecule has 0 aliphatic rings. The summed E-state index contributed by atoms with van der Waals surface area (Å²) >= 11 is 3.63. The Kier molecular flexibility index (Phi) is 35.4. The van der Waals surface area contributed by atoms with Crippen LogP contribution in [0.3, 0.4) is 0 Å². The van der Waals surface area contributed by atoms with Crippen molar-refractivity contribution in [3.05, 3.63) is 106 Å². The first-order valence-electron chi connectivity index (χ1n) is 23.4. The van der Waals surface area contributed by atoms with E-state index in [1.54, 1.807) is 16.1 Å². The number of carbonyl (C=O) groups is 3. The fraction of sp³-hybridized carbons (Fsp3) is 0.286. The molecule has 0 fully saturated rings. The van der Waals surface area contributed by atoms with Crippen LogP contribution in [0.4, 0.5) is 49.5 Å². The van der Waals surface area contributed by atoms with E-state index in [4.69, 9.17) is 27.3 Å². The summed E-state index contributed by atoms with van der Waals surface area (Å²) in [6.45, 7) is 0.0655. The number of benzene rings is 3. The SMILES string of the molecule is O=C([O-])c1cc(NCCCC(S(=O)(=O)O)S(=O)(=O)O)ccc1N=Nc1nccs1.O=C([O-])c1cc(NCCCC(S(=O)(=O)O)S(=O)(=O)O)ccc1N=Nc1nccs1.O=C([O-])c1cc(NCCCC(S(=O)(=O)O)S(=O)(=O)O)ccc1N=Nc1nccs1.[Na+].[Na+].[Na+]. The molecule has 474 valence electrons. The Morgan fingerprint density at radius 3 is 0.800 bits per heavy atom. The van der Waals surface area contributed by atoms with E-state index in [2.05, 4.69) is 61.6 Å². The molecule has 36 nitrogen and oxygen atoms in total. The zero-order valence-corrected chi connectivity index (χ0v) is 59.8. The zero-order valence-electron chi connectivity index (χ0n) is 46.5. The molecule has 48 heteroatoms. The molecule has 0 aliphatic heterocycles. The maximum absolute atomic E-state index is 11.3. The average Bonchev–Trinajstić information content (AvgIpc) is 1.89. The number of aromatic carboxylic acids is 3. The summed E-state index contributed by atoms with van der Waals surface area (Å²) in [5, 5.41) is 71.2. The molecule has 0 amide bonds. The fourth-order valence-corrected chi connectivity index (χ4v) is 14.5. The molecule has 3 aromatic heterocycles. The molecule has 0 radical (unpaired) electrons. The van der Waals surface area contributed by atoms with Crippen LogP contribution in [-0.2, 0) is 60.7 Å². The third kappa shape index (κ3) is 29.3. The van der Waals surface area contributed by atoms with Gasteiger partial charge in [0.2, 0.25) is 29.1 Å². The van der Waals surface area contributed by atoms with Gasteiger partial charge < -0.3 is 45.7 Å². The molecule has 0 saturated carbocycles. The Labute approximate surface area is 591 Å². The Morgan fingerprint density at radius 2 is 0.622 bits per heavy atom. The van der Waals surface area contributed by atoms with Gasteiger partial charge in [-0.2, -0.15) is 50.5 Å². The van der Waals surface area contributed by atoms with Gasteiger partial charge in [0.25, 0.3) is 60.7 Å². The monoisotopic (exact) mass is 1460 g/mol. The molecule has 90 heavy (non-hydrogen) atoms. The first-order chi connectivity index (χ1) is 40.4. The van der Waals surface area contributed by atoms with Crippen molar-refractivity contribution in [3.63, 3.8) is 0 Å². The van der Waals surface area contributed by atoms with E-state index in [-0.39, 0.29) is 161 Å². The van der Waals surface area contributed by atoms with Crippen LogP contribution in [0.2, 0.25) is 0 Å². The molecular formula is C42H45N12Na3O24S9. The van der Waals surface area contributed by atoms with Gasteiger partial charge in [0.05, 0.1) is 35.0 Å². The minimum absolute atomic E-state index is 0. The van der Waals surface area contributed by atoms with Gasteiger partial charge in [-0.1, -0.05) is 0 Å². The quantitative estimate of drug-likeness (QED) is 0.00880. The first kappa shape index (κ1) is 83.6. The smallest absolute Gasteiger partial charge is 0.545 e. The number of thiazole rings is 3. The summed E-state index contributed by atoms with van der Waals surface area (Å²) in [5.74, 6) is -4.50. The van der Waals surface area contributed by atoms with Crippen molar-refractivity contribution in [1.82, 2.24) is 15.0 Å². The van der Waals surface area contributed by atoms with E-state index < -0.39 is 112 Å². The summed E-state index contributed by atoms with van der Waals surface area (Å²) in [5.41, 5.74) is 0.251. The standard InChI is InChI=1S/3C14H16N4O8S3.3Na/c3*19-13(20)10-8-9(3-4-11(10)17-18-14-16-6-7-27-14)15-5-1-2-12(28(21,22)23)29(24,25)26;;;/h3*3-4,6-8,12,15H,1-2,5H2,(H,19,20)(H,21,22,23)(H,24,25,26);;;/q;;;3*+1/p-3. The fourth-order valence-electron chi connectivity index (χ4n) is 6.63. The van der Waals surface area contributed by atoms with Crippen molar-refractivity contribution in [1.29, 1.82) is 0 Å². The van der Waals surface area contributed by atoms with Crippen molar-refractivity contribution in [2.24, 2.45) is 30.7 Å². The molecule has 0 atom stereocenters. The van der Waals surface area contributed by atoms with Crippen molar-refractivity contribution >= 4 is 162 Å². The zero-order chi connectivity index (χ0) is 65.0. The van der Waals surface area contributed by atoms with Gasteiger partial charge in [-0.25, -0.2) is 15.0 Å². The number of nitrogens with zero attached hydrogens (tertiary/aromatic N) is 9. The van der Waals surface area contributed by atoms with E-state index in [1.165, 1.54) is 107 Å². The van der Waals surface area contributed by atoms with Crippen LogP contribution in [0, 0.1) is 0 Å². The van der Waals surface area contributed by atoms with Crippen molar-refractivity contribution in [2.45, 2.75) is 52.3 Å². The second-order valence-corrected chi connectivity index (χ2v) is 29.8. The first-order valence-corrected chi connectivity index (χ1v) is 35.1. The van der Waals surface area contributed by atoms with Crippen LogP contribution in [0.25, 0.3) is 0 Å². The Bertz CT molecular complexity index is 3640. The molecule has 3 heterocycles. The van der Waals surface area contributed by atoms with Gasteiger partial charge in [-0.3, -0.25) is 27.3 Å². The van der Waals surface area contributed by atoms with Gasteiger partial charge in [-0.15, -0.1) is 64.7 Å². The number of carboxylic acid groups (broad SMARTS) is 3. The molecule has 0 spiro atoms. The van der Waals surface area contributed by atoms with E-state index >= 15 is 0 Å². The number of aromatic nitrogens is 3. The molecule has 0 saturated heterocycles.